The molecule has 3 heterocycles. The molecule has 2 aromatic rings. The Kier molecular flexibility index (Phi) is 5.95. The molecular formula is C13H17N7O6. The maximum Gasteiger partial charge on any atom is 0.333 e. The Morgan fingerprint density at radius 3 is 2.58 bits per heavy atom. The van der Waals surface area contributed by atoms with Gasteiger partial charge in [-0.25, -0.2) is 9.97 Å². The van der Waals surface area contributed by atoms with Crippen LogP contribution in [0.5, 0.6) is 0 Å². The summed E-state index contributed by atoms with van der Waals surface area (Å²) >= 11 is 0. The Labute approximate surface area is 147 Å². The average molecular weight is 367 g/mol. The normalized spacial score (nSPS) is 16.5. The van der Waals surface area contributed by atoms with Crippen molar-refractivity contribution in [3.63, 3.8) is 0 Å². The SMILES string of the molecule is Cc1nc(N2CCOC[C@@H]2C)nc(-n2ccnc2)c1[N+](=O)[O-].O=[N+]([O-])O. The summed E-state index contributed by atoms with van der Waals surface area (Å²) in [5, 5.41) is 25.0. The zero-order valence-corrected chi connectivity index (χ0v) is 14.0. The molecule has 0 amide bonds. The molecule has 1 atom stereocenters. The Bertz CT molecular complexity index is 778. The number of morpholine rings is 1. The molecule has 0 spiro atoms. The Morgan fingerprint density at radius 2 is 2.04 bits per heavy atom. The Hall–Kier alpha value is -3.35. The quantitative estimate of drug-likeness (QED) is 0.605. The molecule has 1 N–H and O–H groups in total. The van der Waals surface area contributed by atoms with Crippen LogP contribution in [0.2, 0.25) is 0 Å². The van der Waals surface area contributed by atoms with Gasteiger partial charge in [0.25, 0.3) is 5.09 Å². The van der Waals surface area contributed by atoms with Gasteiger partial charge in [-0.2, -0.15) is 4.98 Å². The number of nitro groups is 1. The van der Waals surface area contributed by atoms with E-state index in [1.807, 2.05) is 11.8 Å². The first-order valence-electron chi connectivity index (χ1n) is 7.50. The van der Waals surface area contributed by atoms with Crippen LogP contribution >= 0.6 is 0 Å². The van der Waals surface area contributed by atoms with Crippen molar-refractivity contribution in [2.75, 3.05) is 24.7 Å². The largest absolute Gasteiger partial charge is 0.377 e. The molecule has 140 valence electrons. The first kappa shape index (κ1) is 19.0. The van der Waals surface area contributed by atoms with Crippen LogP contribution in [0.4, 0.5) is 11.6 Å². The van der Waals surface area contributed by atoms with Gasteiger partial charge in [0.05, 0.1) is 24.2 Å². The second-order valence-electron chi connectivity index (χ2n) is 5.36. The van der Waals surface area contributed by atoms with E-state index in [-0.39, 0.29) is 17.5 Å². The summed E-state index contributed by atoms with van der Waals surface area (Å²) in [6.07, 6.45) is 4.67. The fourth-order valence-corrected chi connectivity index (χ4v) is 2.47. The van der Waals surface area contributed by atoms with Crippen molar-refractivity contribution >= 4 is 11.6 Å². The van der Waals surface area contributed by atoms with Crippen LogP contribution in [0.3, 0.4) is 0 Å². The molecule has 1 saturated heterocycles. The molecule has 0 bridgehead atoms. The summed E-state index contributed by atoms with van der Waals surface area (Å²) in [4.78, 5) is 33.9. The molecule has 0 saturated carbocycles. The van der Waals surface area contributed by atoms with E-state index in [0.29, 0.717) is 31.4 Å². The van der Waals surface area contributed by atoms with E-state index in [1.165, 1.54) is 10.9 Å². The second-order valence-corrected chi connectivity index (χ2v) is 5.36. The van der Waals surface area contributed by atoms with Crippen molar-refractivity contribution in [1.82, 2.24) is 19.5 Å². The van der Waals surface area contributed by atoms with E-state index >= 15 is 0 Å². The van der Waals surface area contributed by atoms with Crippen molar-refractivity contribution in [3.05, 3.63) is 44.6 Å². The summed E-state index contributed by atoms with van der Waals surface area (Å²) in [5.74, 6) is 0.700. The van der Waals surface area contributed by atoms with E-state index in [9.17, 15) is 10.1 Å². The van der Waals surface area contributed by atoms with Crippen molar-refractivity contribution < 1.29 is 20.0 Å². The standard InChI is InChI=1S/C13H16N6O3.HNO3/c1-9-7-22-6-5-18(9)13-15-10(2)11(19(20)21)12(16-13)17-4-3-14-8-17;2-1(3)4/h3-4,8-9H,5-7H2,1-2H3;(H,2,3,4)/t9-;/m0./s1. The molecule has 1 aliphatic heterocycles. The number of anilines is 1. The number of hydrogen-bond acceptors (Lipinski definition) is 9. The first-order valence-corrected chi connectivity index (χ1v) is 7.50. The zero-order chi connectivity index (χ0) is 19.3. The molecule has 26 heavy (non-hydrogen) atoms. The second kappa shape index (κ2) is 8.15. The zero-order valence-electron chi connectivity index (χ0n) is 14.0. The maximum atomic E-state index is 11.3. The van der Waals surface area contributed by atoms with Gasteiger partial charge >= 0.3 is 5.69 Å². The number of nitrogens with zero attached hydrogens (tertiary/aromatic N) is 7. The summed E-state index contributed by atoms with van der Waals surface area (Å²) in [5.41, 5.74) is 0.222. The highest BCUT2D eigenvalue weighted by Gasteiger charge is 2.28. The number of aromatic nitrogens is 4. The number of ether oxygens (including phenoxy) is 1. The van der Waals surface area contributed by atoms with E-state index in [2.05, 4.69) is 15.0 Å². The van der Waals surface area contributed by atoms with Gasteiger partial charge in [0, 0.05) is 18.9 Å². The molecule has 0 radical (unpaired) electrons. The Morgan fingerprint density at radius 1 is 1.35 bits per heavy atom. The smallest absolute Gasteiger partial charge is 0.333 e. The van der Waals surface area contributed by atoms with Gasteiger partial charge in [-0.3, -0.25) is 14.7 Å². The first-order chi connectivity index (χ1) is 12.3. The third-order valence-corrected chi connectivity index (χ3v) is 3.58. The number of hydrogen-bond donors (Lipinski definition) is 1. The minimum Gasteiger partial charge on any atom is -0.377 e. The molecule has 0 aliphatic carbocycles. The minimum atomic E-state index is -1.50. The van der Waals surface area contributed by atoms with Crippen LogP contribution in [0.15, 0.2) is 18.7 Å². The van der Waals surface area contributed by atoms with Gasteiger partial charge in [0.15, 0.2) is 0 Å². The van der Waals surface area contributed by atoms with Crippen LogP contribution in [0.1, 0.15) is 12.6 Å². The van der Waals surface area contributed by atoms with Gasteiger partial charge in [-0.05, 0) is 13.8 Å². The predicted octanol–water partition coefficient (Wildman–Crippen LogP) is 0.756. The highest BCUT2D eigenvalue weighted by molar-refractivity contribution is 5.54. The van der Waals surface area contributed by atoms with Gasteiger partial charge < -0.3 is 14.8 Å². The highest BCUT2D eigenvalue weighted by atomic mass is 16.9. The van der Waals surface area contributed by atoms with Gasteiger partial charge in [-0.1, -0.05) is 0 Å². The third kappa shape index (κ3) is 4.38. The number of rotatable bonds is 3. The fourth-order valence-electron chi connectivity index (χ4n) is 2.47. The molecular weight excluding hydrogens is 350 g/mol. The van der Waals surface area contributed by atoms with E-state index < -0.39 is 10.0 Å². The summed E-state index contributed by atoms with van der Waals surface area (Å²) in [6, 6.07) is 0.116. The lowest BCUT2D eigenvalue weighted by Crippen LogP contribution is -2.44. The van der Waals surface area contributed by atoms with Crippen LogP contribution in [0, 0.1) is 27.2 Å². The lowest BCUT2D eigenvalue weighted by molar-refractivity contribution is -0.742. The van der Waals surface area contributed by atoms with Crippen molar-refractivity contribution in [3.8, 4) is 5.82 Å². The lowest BCUT2D eigenvalue weighted by atomic mass is 10.2. The van der Waals surface area contributed by atoms with Crippen LogP contribution in [0.25, 0.3) is 5.82 Å². The lowest BCUT2D eigenvalue weighted by Gasteiger charge is -2.33. The summed E-state index contributed by atoms with van der Waals surface area (Å²) in [6.45, 7) is 5.46. The van der Waals surface area contributed by atoms with Crippen LogP contribution in [-0.4, -0.2) is 60.5 Å². The highest BCUT2D eigenvalue weighted by Crippen LogP contribution is 2.27. The molecule has 0 aromatic carbocycles. The molecule has 2 aromatic heterocycles. The monoisotopic (exact) mass is 367 g/mol. The van der Waals surface area contributed by atoms with Crippen molar-refractivity contribution in [1.29, 1.82) is 0 Å². The van der Waals surface area contributed by atoms with Gasteiger partial charge in [0.2, 0.25) is 11.8 Å². The molecule has 13 nitrogen and oxygen atoms in total. The topological polar surface area (TPSA) is 163 Å². The summed E-state index contributed by atoms with van der Waals surface area (Å²) in [7, 11) is 0. The number of aryl methyl sites for hydroxylation is 1. The van der Waals surface area contributed by atoms with E-state index in [1.54, 1.807) is 19.3 Å². The molecule has 13 heteroatoms. The Balaban J connectivity index is 0.000000552. The number of imidazole rings is 1. The van der Waals surface area contributed by atoms with Crippen molar-refractivity contribution in [2.24, 2.45) is 0 Å². The molecule has 0 unspecified atom stereocenters. The predicted molar refractivity (Wildman–Crippen MR) is 87.0 cm³/mol. The summed E-state index contributed by atoms with van der Waals surface area (Å²) < 4.78 is 6.94. The van der Waals surface area contributed by atoms with Gasteiger partial charge in [-0.15, -0.1) is 10.1 Å². The fraction of sp³-hybridized carbons (Fsp3) is 0.462. The third-order valence-electron chi connectivity index (χ3n) is 3.58. The van der Waals surface area contributed by atoms with Crippen LogP contribution in [-0.2, 0) is 4.74 Å². The van der Waals surface area contributed by atoms with Crippen LogP contribution < -0.4 is 4.90 Å². The van der Waals surface area contributed by atoms with Crippen molar-refractivity contribution in [2.45, 2.75) is 19.9 Å². The van der Waals surface area contributed by atoms with Gasteiger partial charge in [0.1, 0.15) is 12.0 Å². The molecule has 1 aliphatic rings. The average Bonchev–Trinajstić information content (AvgIpc) is 3.08. The maximum absolute atomic E-state index is 11.3. The molecule has 3 rings (SSSR count). The minimum absolute atomic E-state index is 0.109. The molecule has 1 fully saturated rings. The van der Waals surface area contributed by atoms with E-state index in [4.69, 9.17) is 20.1 Å². The van der Waals surface area contributed by atoms with E-state index in [0.717, 1.165) is 0 Å².